The van der Waals surface area contributed by atoms with Crippen molar-refractivity contribution in [3.8, 4) is 0 Å². The molecule has 1 rings (SSSR count). The third-order valence-corrected chi connectivity index (χ3v) is 4.09. The fourth-order valence-electron chi connectivity index (χ4n) is 3.14. The molecular formula is C22H35NO4. The van der Waals surface area contributed by atoms with E-state index >= 15 is 0 Å². The summed E-state index contributed by atoms with van der Waals surface area (Å²) in [6.07, 6.45) is 2.36. The predicted octanol–water partition coefficient (Wildman–Crippen LogP) is 5.23. The standard InChI is InChI=1S/C22H35NO4/c1-7-13-22(5,6)15-18(14-19(24)27-21(2,3)4)23-20(25)26-16-17-11-9-8-10-12-17/h8-12,18H,7,13-16H2,1-6H3,(H,23,25)/t18-/m1/s1. The van der Waals surface area contributed by atoms with Crippen molar-refractivity contribution in [2.45, 2.75) is 85.5 Å². The lowest BCUT2D eigenvalue weighted by atomic mass is 9.81. The number of hydrogen-bond acceptors (Lipinski definition) is 4. The van der Waals surface area contributed by atoms with Gasteiger partial charge in [-0.1, -0.05) is 57.5 Å². The van der Waals surface area contributed by atoms with Gasteiger partial charge < -0.3 is 14.8 Å². The molecule has 5 heteroatoms. The molecule has 0 aliphatic heterocycles. The number of benzene rings is 1. The van der Waals surface area contributed by atoms with E-state index in [-0.39, 0.29) is 30.5 Å². The largest absolute Gasteiger partial charge is 0.460 e. The Morgan fingerprint density at radius 1 is 1.07 bits per heavy atom. The molecule has 1 aromatic carbocycles. The maximum absolute atomic E-state index is 12.3. The lowest BCUT2D eigenvalue weighted by Gasteiger charge is -2.30. The highest BCUT2D eigenvalue weighted by Crippen LogP contribution is 2.29. The van der Waals surface area contributed by atoms with Crippen LogP contribution in [0.5, 0.6) is 0 Å². The van der Waals surface area contributed by atoms with Crippen molar-refractivity contribution >= 4 is 12.1 Å². The fourth-order valence-corrected chi connectivity index (χ4v) is 3.14. The maximum Gasteiger partial charge on any atom is 0.407 e. The second-order valence-corrected chi connectivity index (χ2v) is 8.81. The van der Waals surface area contributed by atoms with Crippen LogP contribution in [0.25, 0.3) is 0 Å². The zero-order chi connectivity index (χ0) is 20.5. The zero-order valence-electron chi connectivity index (χ0n) is 17.6. The van der Waals surface area contributed by atoms with Crippen molar-refractivity contribution in [3.63, 3.8) is 0 Å². The minimum absolute atomic E-state index is 0.00807. The Hall–Kier alpha value is -2.04. The van der Waals surface area contributed by atoms with Gasteiger partial charge in [0.2, 0.25) is 0 Å². The predicted molar refractivity (Wildman–Crippen MR) is 107 cm³/mol. The molecule has 0 spiro atoms. The van der Waals surface area contributed by atoms with Crippen LogP contribution < -0.4 is 5.32 Å². The number of nitrogens with one attached hydrogen (secondary N) is 1. The average Bonchev–Trinajstić information content (AvgIpc) is 2.51. The Bertz CT molecular complexity index is 590. The quantitative estimate of drug-likeness (QED) is 0.599. The first-order valence-electron chi connectivity index (χ1n) is 9.70. The van der Waals surface area contributed by atoms with Crippen LogP contribution >= 0.6 is 0 Å². The molecule has 1 atom stereocenters. The summed E-state index contributed by atoms with van der Waals surface area (Å²) < 4.78 is 10.7. The molecule has 152 valence electrons. The number of amides is 1. The minimum atomic E-state index is -0.547. The molecule has 0 aromatic heterocycles. The first kappa shape index (κ1) is 23.0. The van der Waals surface area contributed by atoms with Gasteiger partial charge >= 0.3 is 12.1 Å². The highest BCUT2D eigenvalue weighted by Gasteiger charge is 2.28. The zero-order valence-corrected chi connectivity index (χ0v) is 17.6. The van der Waals surface area contributed by atoms with Crippen LogP contribution in [0.2, 0.25) is 0 Å². The smallest absolute Gasteiger partial charge is 0.407 e. The van der Waals surface area contributed by atoms with Crippen molar-refractivity contribution < 1.29 is 19.1 Å². The van der Waals surface area contributed by atoms with Gasteiger partial charge in [-0.3, -0.25) is 4.79 Å². The highest BCUT2D eigenvalue weighted by atomic mass is 16.6. The summed E-state index contributed by atoms with van der Waals surface area (Å²) in [5, 5.41) is 2.86. The molecule has 0 aliphatic rings. The Balaban J connectivity index is 2.68. The monoisotopic (exact) mass is 377 g/mol. The molecule has 27 heavy (non-hydrogen) atoms. The van der Waals surface area contributed by atoms with Crippen molar-refractivity contribution in [2.75, 3.05) is 0 Å². The Kier molecular flexibility index (Phi) is 8.80. The van der Waals surface area contributed by atoms with Crippen LogP contribution in [-0.4, -0.2) is 23.7 Å². The Morgan fingerprint density at radius 3 is 2.26 bits per heavy atom. The normalized spacial score (nSPS) is 13.0. The van der Waals surface area contributed by atoms with Gasteiger partial charge in [0.15, 0.2) is 0 Å². The molecule has 0 saturated heterocycles. The van der Waals surface area contributed by atoms with Crippen molar-refractivity contribution in [1.29, 1.82) is 0 Å². The third-order valence-electron chi connectivity index (χ3n) is 4.09. The third kappa shape index (κ3) is 10.6. The van der Waals surface area contributed by atoms with Crippen molar-refractivity contribution in [1.82, 2.24) is 5.32 Å². The van der Waals surface area contributed by atoms with Crippen LogP contribution in [0.3, 0.4) is 0 Å². The summed E-state index contributed by atoms with van der Waals surface area (Å²) in [5.41, 5.74) is 0.380. The fraction of sp³-hybridized carbons (Fsp3) is 0.636. The van der Waals surface area contributed by atoms with Gasteiger partial charge in [-0.15, -0.1) is 0 Å². The lowest BCUT2D eigenvalue weighted by Crippen LogP contribution is -2.41. The number of carbonyl (C=O) groups excluding carboxylic acids is 2. The SMILES string of the molecule is CCCC(C)(C)C[C@@H](CC(=O)OC(C)(C)C)NC(=O)OCc1ccccc1. The molecule has 0 bridgehead atoms. The van der Waals surface area contributed by atoms with Gasteiger partial charge in [0.1, 0.15) is 12.2 Å². The number of carbonyl (C=O) groups is 2. The van der Waals surface area contributed by atoms with Gasteiger partial charge in [-0.2, -0.15) is 0 Å². The van der Waals surface area contributed by atoms with E-state index in [9.17, 15) is 9.59 Å². The summed E-state index contributed by atoms with van der Waals surface area (Å²) in [4.78, 5) is 24.5. The molecule has 1 N–H and O–H groups in total. The summed E-state index contributed by atoms with van der Waals surface area (Å²) in [5.74, 6) is -0.317. The van der Waals surface area contributed by atoms with Crippen LogP contribution in [-0.2, 0) is 20.9 Å². The number of alkyl carbamates (subject to hydrolysis) is 1. The molecule has 5 nitrogen and oxygen atoms in total. The van der Waals surface area contributed by atoms with E-state index in [1.54, 1.807) is 0 Å². The summed E-state index contributed by atoms with van der Waals surface area (Å²) >= 11 is 0. The first-order valence-corrected chi connectivity index (χ1v) is 9.70. The maximum atomic E-state index is 12.3. The first-order chi connectivity index (χ1) is 12.5. The number of rotatable bonds is 9. The number of hydrogen-bond donors (Lipinski definition) is 1. The topological polar surface area (TPSA) is 64.6 Å². The Morgan fingerprint density at radius 2 is 1.70 bits per heavy atom. The van der Waals surface area contributed by atoms with Gasteiger partial charge in [0, 0.05) is 6.04 Å². The Labute approximate surface area is 163 Å². The second-order valence-electron chi connectivity index (χ2n) is 8.81. The van der Waals surface area contributed by atoms with Crippen molar-refractivity contribution in [3.05, 3.63) is 35.9 Å². The van der Waals surface area contributed by atoms with Crippen LogP contribution in [0.1, 0.15) is 72.8 Å². The van der Waals surface area contributed by atoms with Gasteiger partial charge in [0.05, 0.1) is 6.42 Å². The molecule has 0 aliphatic carbocycles. The van der Waals surface area contributed by atoms with Gasteiger partial charge in [0.25, 0.3) is 0 Å². The molecule has 0 heterocycles. The molecule has 0 radical (unpaired) electrons. The molecule has 0 saturated carbocycles. The minimum Gasteiger partial charge on any atom is -0.460 e. The van der Waals surface area contributed by atoms with E-state index in [1.165, 1.54) is 0 Å². The molecule has 0 fully saturated rings. The molecule has 1 amide bonds. The second kappa shape index (κ2) is 10.3. The van der Waals surface area contributed by atoms with E-state index in [0.717, 1.165) is 18.4 Å². The van der Waals surface area contributed by atoms with E-state index < -0.39 is 11.7 Å². The van der Waals surface area contributed by atoms with Crippen molar-refractivity contribution in [2.24, 2.45) is 5.41 Å². The van der Waals surface area contributed by atoms with E-state index in [4.69, 9.17) is 9.47 Å². The van der Waals surface area contributed by atoms with Gasteiger partial charge in [-0.25, -0.2) is 4.79 Å². The average molecular weight is 378 g/mol. The summed E-state index contributed by atoms with van der Waals surface area (Å²) in [6, 6.07) is 9.18. The van der Waals surface area contributed by atoms with E-state index in [1.807, 2.05) is 51.1 Å². The lowest BCUT2D eigenvalue weighted by molar-refractivity contribution is -0.155. The van der Waals surface area contributed by atoms with Crippen LogP contribution in [0, 0.1) is 5.41 Å². The molecule has 0 unspecified atom stereocenters. The summed E-state index contributed by atoms with van der Waals surface area (Å²) in [7, 11) is 0. The van der Waals surface area contributed by atoms with E-state index in [0.29, 0.717) is 6.42 Å². The molecule has 1 aromatic rings. The highest BCUT2D eigenvalue weighted by molar-refractivity contribution is 5.73. The van der Waals surface area contributed by atoms with Crippen LogP contribution in [0.4, 0.5) is 4.79 Å². The van der Waals surface area contributed by atoms with E-state index in [2.05, 4.69) is 26.1 Å². The molecular weight excluding hydrogens is 342 g/mol. The number of ether oxygens (including phenoxy) is 2. The van der Waals surface area contributed by atoms with Gasteiger partial charge in [-0.05, 0) is 44.6 Å². The van der Waals surface area contributed by atoms with Crippen LogP contribution in [0.15, 0.2) is 30.3 Å². The number of esters is 1. The summed E-state index contributed by atoms with van der Waals surface area (Å²) in [6.45, 7) is 12.1.